The summed E-state index contributed by atoms with van der Waals surface area (Å²) in [7, 11) is 0. The Bertz CT molecular complexity index is 555. The molecule has 0 saturated heterocycles. The van der Waals surface area contributed by atoms with Gasteiger partial charge in [-0.1, -0.05) is 12.2 Å². The molecule has 0 aromatic carbocycles. The molecule has 2 atom stereocenters. The smallest absolute Gasteiger partial charge is 0.341 e. The van der Waals surface area contributed by atoms with E-state index in [1.807, 2.05) is 13.8 Å². The van der Waals surface area contributed by atoms with Crippen LogP contribution in [0.5, 0.6) is 0 Å². The van der Waals surface area contributed by atoms with E-state index in [1.165, 1.54) is 0 Å². The molecule has 114 valence electrons. The Balaban J connectivity index is 2.54. The van der Waals surface area contributed by atoms with Crippen LogP contribution in [-0.2, 0) is 19.1 Å². The molecule has 4 nitrogen and oxygen atoms in total. The van der Waals surface area contributed by atoms with Gasteiger partial charge in [0.1, 0.15) is 11.4 Å². The van der Waals surface area contributed by atoms with Gasteiger partial charge < -0.3 is 4.74 Å². The summed E-state index contributed by atoms with van der Waals surface area (Å²) in [5, 5.41) is 0. The molecule has 2 rings (SSSR count). The number of hydrogen-bond acceptors (Lipinski definition) is 4. The molecule has 0 heterocycles. The van der Waals surface area contributed by atoms with E-state index in [0.29, 0.717) is 24.8 Å². The molecule has 0 aliphatic heterocycles. The van der Waals surface area contributed by atoms with Crippen molar-refractivity contribution in [3.8, 4) is 0 Å². The number of esters is 1. The minimum atomic E-state index is -0.693. The molecule has 0 amide bonds. The predicted octanol–water partition coefficient (Wildman–Crippen LogP) is 2.77. The van der Waals surface area contributed by atoms with E-state index >= 15 is 0 Å². The van der Waals surface area contributed by atoms with E-state index in [1.54, 1.807) is 6.92 Å². The van der Waals surface area contributed by atoms with Crippen LogP contribution in [0.25, 0.3) is 0 Å². The van der Waals surface area contributed by atoms with Crippen LogP contribution in [0.4, 0.5) is 0 Å². The Labute approximate surface area is 125 Å². The monoisotopic (exact) mass is 290 g/mol. The van der Waals surface area contributed by atoms with E-state index in [0.717, 1.165) is 5.57 Å². The van der Waals surface area contributed by atoms with Gasteiger partial charge >= 0.3 is 5.97 Å². The molecule has 0 spiro atoms. The Kier molecular flexibility index (Phi) is 4.17. The number of hydrogen-bond donors (Lipinski definition) is 0. The van der Waals surface area contributed by atoms with Crippen LogP contribution >= 0.6 is 0 Å². The van der Waals surface area contributed by atoms with Gasteiger partial charge in [-0.2, -0.15) is 0 Å². The Hall–Kier alpha value is -1.71. The van der Waals surface area contributed by atoms with Crippen LogP contribution in [0, 0.1) is 11.3 Å². The average Bonchev–Trinajstić information content (AvgIpc) is 2.41. The lowest BCUT2D eigenvalue weighted by Gasteiger charge is -2.42. The van der Waals surface area contributed by atoms with Crippen molar-refractivity contribution in [1.82, 2.24) is 0 Å². The molecule has 21 heavy (non-hydrogen) atoms. The first-order chi connectivity index (χ1) is 9.81. The lowest BCUT2D eigenvalue weighted by molar-refractivity contribution is -0.141. The third kappa shape index (κ3) is 2.59. The molecule has 0 bridgehead atoms. The summed E-state index contributed by atoms with van der Waals surface area (Å²) in [6, 6.07) is 0. The number of Topliss-reactive ketones (excluding diaryl/α,β-unsaturated/α-hetero) is 2. The molecule has 2 aliphatic carbocycles. The minimum Gasteiger partial charge on any atom is -0.462 e. The maximum atomic E-state index is 12.6. The summed E-state index contributed by atoms with van der Waals surface area (Å²) in [6.07, 6.45) is 1.72. The van der Waals surface area contributed by atoms with Crippen LogP contribution in [0.2, 0.25) is 0 Å². The zero-order valence-electron chi connectivity index (χ0n) is 13.0. The van der Waals surface area contributed by atoms with Crippen molar-refractivity contribution < 1.29 is 19.1 Å². The number of ether oxygens (including phenoxy) is 1. The van der Waals surface area contributed by atoms with Gasteiger partial charge in [-0.25, -0.2) is 4.79 Å². The van der Waals surface area contributed by atoms with E-state index in [9.17, 15) is 14.4 Å². The molecule has 0 aromatic rings. The van der Waals surface area contributed by atoms with Gasteiger partial charge in [0.05, 0.1) is 6.61 Å². The quantitative estimate of drug-likeness (QED) is 0.455. The second kappa shape index (κ2) is 5.58. The van der Waals surface area contributed by atoms with E-state index in [2.05, 4.69) is 6.58 Å². The van der Waals surface area contributed by atoms with Gasteiger partial charge in [0.2, 0.25) is 0 Å². The second-order valence-electron chi connectivity index (χ2n) is 6.20. The molecule has 2 aliphatic rings. The molecule has 0 radical (unpaired) electrons. The topological polar surface area (TPSA) is 60.4 Å². The number of allylic oxidation sites excluding steroid dienone is 2. The molecular formula is C17H22O4. The Morgan fingerprint density at radius 2 is 2.05 bits per heavy atom. The molecule has 0 unspecified atom stereocenters. The van der Waals surface area contributed by atoms with Crippen molar-refractivity contribution in [3.05, 3.63) is 23.3 Å². The van der Waals surface area contributed by atoms with Crippen molar-refractivity contribution >= 4 is 17.5 Å². The van der Waals surface area contributed by atoms with Gasteiger partial charge in [0, 0.05) is 18.3 Å². The standard InChI is InChI=1S/C17H22O4/c1-5-21-16(20)15-12-8-11(10(2)3)9-14(19)17(12,4)7-6-13(15)18/h11H,2,5-9H2,1,3-4H3/t11-,17+/m0/s1. The fourth-order valence-corrected chi connectivity index (χ4v) is 3.28. The van der Waals surface area contributed by atoms with Crippen molar-refractivity contribution in [2.24, 2.45) is 11.3 Å². The van der Waals surface area contributed by atoms with Crippen LogP contribution < -0.4 is 0 Å². The SMILES string of the molecule is C=C(C)[C@@H]1CC(=O)[C@]2(C)CCC(=O)C(C(=O)OCC)=C2C1. The molecule has 4 heteroatoms. The van der Waals surface area contributed by atoms with Crippen LogP contribution in [-0.4, -0.2) is 24.1 Å². The number of rotatable bonds is 3. The maximum absolute atomic E-state index is 12.6. The van der Waals surface area contributed by atoms with Crippen molar-refractivity contribution in [2.75, 3.05) is 6.61 Å². The molecule has 0 N–H and O–H groups in total. The summed E-state index contributed by atoms with van der Waals surface area (Å²) in [6.45, 7) is 9.59. The lowest BCUT2D eigenvalue weighted by Crippen LogP contribution is -2.43. The van der Waals surface area contributed by atoms with Crippen molar-refractivity contribution in [3.63, 3.8) is 0 Å². The fourth-order valence-electron chi connectivity index (χ4n) is 3.28. The molecular weight excluding hydrogens is 268 g/mol. The van der Waals surface area contributed by atoms with Crippen molar-refractivity contribution in [2.45, 2.75) is 46.5 Å². The van der Waals surface area contributed by atoms with Crippen LogP contribution in [0.3, 0.4) is 0 Å². The minimum absolute atomic E-state index is 0.0101. The number of ketones is 2. The summed E-state index contributed by atoms with van der Waals surface area (Å²) in [5.74, 6) is -0.670. The Morgan fingerprint density at radius 1 is 1.38 bits per heavy atom. The fraction of sp³-hybridized carbons (Fsp3) is 0.588. The zero-order valence-corrected chi connectivity index (χ0v) is 13.0. The van der Waals surface area contributed by atoms with Gasteiger partial charge in [-0.05, 0) is 45.1 Å². The number of carbonyl (C=O) groups excluding carboxylic acids is 3. The van der Waals surface area contributed by atoms with Crippen LogP contribution in [0.1, 0.15) is 46.5 Å². The first kappa shape index (κ1) is 15.7. The molecule has 1 fully saturated rings. The summed E-state index contributed by atoms with van der Waals surface area (Å²) in [4.78, 5) is 36.9. The third-order valence-electron chi connectivity index (χ3n) is 4.77. The number of carbonyl (C=O) groups is 3. The summed E-state index contributed by atoms with van der Waals surface area (Å²) >= 11 is 0. The van der Waals surface area contributed by atoms with E-state index < -0.39 is 11.4 Å². The van der Waals surface area contributed by atoms with Crippen molar-refractivity contribution in [1.29, 1.82) is 0 Å². The average molecular weight is 290 g/mol. The highest BCUT2D eigenvalue weighted by Gasteiger charge is 2.49. The second-order valence-corrected chi connectivity index (χ2v) is 6.20. The van der Waals surface area contributed by atoms with E-state index in [4.69, 9.17) is 4.74 Å². The first-order valence-corrected chi connectivity index (χ1v) is 7.44. The van der Waals surface area contributed by atoms with Gasteiger partial charge in [-0.15, -0.1) is 0 Å². The van der Waals surface area contributed by atoms with Gasteiger partial charge in [0.25, 0.3) is 0 Å². The summed E-state index contributed by atoms with van der Waals surface area (Å²) < 4.78 is 5.03. The zero-order chi connectivity index (χ0) is 15.8. The highest BCUT2D eigenvalue weighted by Crippen LogP contribution is 2.49. The normalized spacial score (nSPS) is 29.2. The van der Waals surface area contributed by atoms with Gasteiger partial charge in [-0.3, -0.25) is 9.59 Å². The Morgan fingerprint density at radius 3 is 2.62 bits per heavy atom. The van der Waals surface area contributed by atoms with Crippen LogP contribution in [0.15, 0.2) is 23.3 Å². The molecule has 0 aromatic heterocycles. The highest BCUT2D eigenvalue weighted by atomic mass is 16.5. The number of fused-ring (bicyclic) bond motifs is 1. The highest BCUT2D eigenvalue weighted by molar-refractivity contribution is 6.19. The van der Waals surface area contributed by atoms with E-state index in [-0.39, 0.29) is 36.1 Å². The molecule has 1 saturated carbocycles. The van der Waals surface area contributed by atoms with Gasteiger partial charge in [0.15, 0.2) is 5.78 Å². The summed E-state index contributed by atoms with van der Waals surface area (Å²) in [5.41, 5.74) is 1.01. The first-order valence-electron chi connectivity index (χ1n) is 7.44. The largest absolute Gasteiger partial charge is 0.462 e. The maximum Gasteiger partial charge on any atom is 0.341 e. The lowest BCUT2D eigenvalue weighted by atomic mass is 9.60. The third-order valence-corrected chi connectivity index (χ3v) is 4.77. The predicted molar refractivity (Wildman–Crippen MR) is 78.6 cm³/mol.